The third-order valence-electron chi connectivity index (χ3n) is 3.59. The van der Waals surface area contributed by atoms with Gasteiger partial charge in [0.2, 0.25) is 10.0 Å². The average molecular weight is 323 g/mol. The van der Waals surface area contributed by atoms with Crippen LogP contribution >= 0.6 is 0 Å². The van der Waals surface area contributed by atoms with Crippen LogP contribution in [0.1, 0.15) is 12.8 Å². The maximum Gasteiger partial charge on any atom is 0.321 e. The molecule has 1 aromatic carbocycles. The highest BCUT2D eigenvalue weighted by molar-refractivity contribution is 7.89. The van der Waals surface area contributed by atoms with Crippen LogP contribution in [0.5, 0.6) is 0 Å². The summed E-state index contributed by atoms with van der Waals surface area (Å²) in [5.74, 6) is 0. The largest absolute Gasteiger partial charge is 0.325 e. The van der Waals surface area contributed by atoms with Gasteiger partial charge in [-0.3, -0.25) is 0 Å². The van der Waals surface area contributed by atoms with Gasteiger partial charge in [-0.1, -0.05) is 6.08 Å². The van der Waals surface area contributed by atoms with Crippen molar-refractivity contribution in [1.29, 1.82) is 0 Å². The van der Waals surface area contributed by atoms with Gasteiger partial charge < -0.3 is 10.2 Å². The first-order chi connectivity index (χ1) is 10.4. The summed E-state index contributed by atoms with van der Waals surface area (Å²) in [6, 6.07) is 6.05. The Kier molecular flexibility index (Phi) is 5.20. The maximum absolute atomic E-state index is 12.2. The summed E-state index contributed by atoms with van der Waals surface area (Å²) in [6.45, 7) is 5.32. The number of likely N-dealkylation sites (N-methyl/N-ethyl adjacent to an activating group) is 1. The molecule has 0 spiro atoms. The number of anilines is 1. The molecule has 0 aliphatic carbocycles. The lowest BCUT2D eigenvalue weighted by molar-refractivity contribution is 0.222. The van der Waals surface area contributed by atoms with E-state index in [-0.39, 0.29) is 17.5 Å². The second-order valence-electron chi connectivity index (χ2n) is 5.22. The first-order valence-electron chi connectivity index (χ1n) is 7.18. The van der Waals surface area contributed by atoms with Crippen LogP contribution in [0.25, 0.3) is 0 Å². The zero-order valence-electron chi connectivity index (χ0n) is 12.7. The van der Waals surface area contributed by atoms with Crippen LogP contribution in [0.3, 0.4) is 0 Å². The summed E-state index contributed by atoms with van der Waals surface area (Å²) >= 11 is 0. The molecule has 6 nitrogen and oxygen atoms in total. The number of rotatable bonds is 5. The van der Waals surface area contributed by atoms with Crippen molar-refractivity contribution in [3.8, 4) is 0 Å². The van der Waals surface area contributed by atoms with Gasteiger partial charge in [0.1, 0.15) is 0 Å². The molecule has 1 heterocycles. The lowest BCUT2D eigenvalue weighted by Crippen LogP contribution is -2.32. The summed E-state index contributed by atoms with van der Waals surface area (Å²) in [7, 11) is -2.02. The number of carbonyl (C=O) groups excluding carboxylic acids is 1. The van der Waals surface area contributed by atoms with Gasteiger partial charge >= 0.3 is 6.03 Å². The molecule has 0 unspecified atom stereocenters. The van der Waals surface area contributed by atoms with Crippen LogP contribution in [0.15, 0.2) is 41.8 Å². The van der Waals surface area contributed by atoms with Crippen LogP contribution in [0, 0.1) is 0 Å². The third-order valence-corrected chi connectivity index (χ3v) is 5.43. The van der Waals surface area contributed by atoms with E-state index in [0.717, 1.165) is 25.9 Å². The molecule has 22 heavy (non-hydrogen) atoms. The molecule has 1 fully saturated rings. The molecular weight excluding hydrogens is 302 g/mol. The molecule has 0 atom stereocenters. The van der Waals surface area contributed by atoms with Gasteiger partial charge in [-0.2, -0.15) is 4.31 Å². The van der Waals surface area contributed by atoms with Crippen molar-refractivity contribution in [3.05, 3.63) is 36.9 Å². The molecule has 0 bridgehead atoms. The number of hydrogen-bond donors (Lipinski definition) is 1. The maximum atomic E-state index is 12.2. The fourth-order valence-corrected chi connectivity index (χ4v) is 3.43. The number of benzene rings is 1. The van der Waals surface area contributed by atoms with E-state index in [1.165, 1.54) is 29.6 Å². The fourth-order valence-electron chi connectivity index (χ4n) is 2.29. The van der Waals surface area contributed by atoms with Crippen LogP contribution in [-0.2, 0) is 10.0 Å². The summed E-state index contributed by atoms with van der Waals surface area (Å²) in [5.41, 5.74) is 0.585. The minimum Gasteiger partial charge on any atom is -0.325 e. The summed E-state index contributed by atoms with van der Waals surface area (Å²) in [4.78, 5) is 13.9. The standard InChI is InChI=1S/C15H21N3O3S/c1-3-10-17(2)22(20,21)14-8-6-13(7-9-14)16-15(19)18-11-4-5-12-18/h3,6-9H,1,4-5,10-12H2,2H3,(H,16,19). The molecule has 0 saturated carbocycles. The Morgan fingerprint density at radius 2 is 1.91 bits per heavy atom. The lowest BCUT2D eigenvalue weighted by atomic mass is 10.3. The Morgan fingerprint density at radius 1 is 1.32 bits per heavy atom. The highest BCUT2D eigenvalue weighted by atomic mass is 32.2. The van der Waals surface area contributed by atoms with Gasteiger partial charge in [0, 0.05) is 32.4 Å². The predicted octanol–water partition coefficient (Wildman–Crippen LogP) is 2.12. The van der Waals surface area contributed by atoms with Crippen molar-refractivity contribution in [2.24, 2.45) is 0 Å². The summed E-state index contributed by atoms with van der Waals surface area (Å²) in [6.07, 6.45) is 3.59. The Labute approximate surface area is 131 Å². The number of amides is 2. The lowest BCUT2D eigenvalue weighted by Gasteiger charge is -2.17. The highest BCUT2D eigenvalue weighted by Crippen LogP contribution is 2.18. The SMILES string of the molecule is C=CCN(C)S(=O)(=O)c1ccc(NC(=O)N2CCCC2)cc1. The first-order valence-corrected chi connectivity index (χ1v) is 8.62. The fraction of sp³-hybridized carbons (Fsp3) is 0.400. The zero-order valence-corrected chi connectivity index (χ0v) is 13.5. The Hall–Kier alpha value is -1.86. The van der Waals surface area contributed by atoms with Crippen molar-refractivity contribution < 1.29 is 13.2 Å². The number of hydrogen-bond acceptors (Lipinski definition) is 3. The number of urea groups is 1. The highest BCUT2D eigenvalue weighted by Gasteiger charge is 2.20. The first kappa shape index (κ1) is 16.5. The number of nitrogens with zero attached hydrogens (tertiary/aromatic N) is 2. The van der Waals surface area contributed by atoms with Crippen LogP contribution in [-0.4, -0.2) is 50.3 Å². The second kappa shape index (κ2) is 6.93. The molecule has 7 heteroatoms. The van der Waals surface area contributed by atoms with E-state index in [2.05, 4.69) is 11.9 Å². The van der Waals surface area contributed by atoms with Crippen molar-refractivity contribution in [2.75, 3.05) is 32.0 Å². The number of nitrogens with one attached hydrogen (secondary N) is 1. The molecule has 2 amide bonds. The molecule has 1 aliphatic heterocycles. The Morgan fingerprint density at radius 3 is 2.45 bits per heavy atom. The van der Waals surface area contributed by atoms with Crippen LogP contribution < -0.4 is 5.32 Å². The van der Waals surface area contributed by atoms with Gasteiger partial charge in [-0.25, -0.2) is 13.2 Å². The van der Waals surface area contributed by atoms with E-state index in [0.29, 0.717) is 5.69 Å². The van der Waals surface area contributed by atoms with Crippen molar-refractivity contribution in [3.63, 3.8) is 0 Å². The van der Waals surface area contributed by atoms with Gasteiger partial charge in [-0.15, -0.1) is 6.58 Å². The molecule has 120 valence electrons. The molecule has 1 saturated heterocycles. The average Bonchev–Trinajstić information content (AvgIpc) is 3.02. The second-order valence-corrected chi connectivity index (χ2v) is 7.27. The number of sulfonamides is 1. The van der Waals surface area contributed by atoms with Gasteiger partial charge in [0.25, 0.3) is 0 Å². The Bertz CT molecular complexity index is 635. The van der Waals surface area contributed by atoms with E-state index in [4.69, 9.17) is 0 Å². The van der Waals surface area contributed by atoms with Gasteiger partial charge in [-0.05, 0) is 37.1 Å². The van der Waals surface area contributed by atoms with Crippen LogP contribution in [0.2, 0.25) is 0 Å². The van der Waals surface area contributed by atoms with E-state index in [9.17, 15) is 13.2 Å². The van der Waals surface area contributed by atoms with Gasteiger partial charge in [0.05, 0.1) is 4.90 Å². The monoisotopic (exact) mass is 323 g/mol. The minimum atomic E-state index is -3.52. The van der Waals surface area contributed by atoms with E-state index in [1.807, 2.05) is 0 Å². The smallest absolute Gasteiger partial charge is 0.321 e. The predicted molar refractivity (Wildman–Crippen MR) is 86.3 cm³/mol. The number of carbonyl (C=O) groups is 1. The zero-order chi connectivity index (χ0) is 16.2. The van der Waals surface area contributed by atoms with Gasteiger partial charge in [0.15, 0.2) is 0 Å². The number of likely N-dealkylation sites (tertiary alicyclic amines) is 1. The molecule has 0 radical (unpaired) electrons. The van der Waals surface area contributed by atoms with Crippen LogP contribution in [0.4, 0.5) is 10.5 Å². The quantitative estimate of drug-likeness (QED) is 0.844. The minimum absolute atomic E-state index is 0.142. The molecule has 1 aliphatic rings. The van der Waals surface area contributed by atoms with Crippen molar-refractivity contribution in [1.82, 2.24) is 9.21 Å². The molecule has 2 rings (SSSR count). The Balaban J connectivity index is 2.06. The normalized spacial score (nSPS) is 15.1. The molecular formula is C15H21N3O3S. The molecule has 1 N–H and O–H groups in total. The van der Waals surface area contributed by atoms with E-state index >= 15 is 0 Å². The summed E-state index contributed by atoms with van der Waals surface area (Å²) in [5, 5.41) is 2.78. The third kappa shape index (κ3) is 3.66. The molecule has 1 aromatic rings. The molecule has 0 aromatic heterocycles. The van der Waals surface area contributed by atoms with Crippen molar-refractivity contribution >= 4 is 21.7 Å². The summed E-state index contributed by atoms with van der Waals surface area (Å²) < 4.78 is 25.7. The van der Waals surface area contributed by atoms with E-state index < -0.39 is 10.0 Å². The van der Waals surface area contributed by atoms with Crippen molar-refractivity contribution in [2.45, 2.75) is 17.7 Å². The van der Waals surface area contributed by atoms with E-state index in [1.54, 1.807) is 17.0 Å². The topological polar surface area (TPSA) is 69.7 Å².